The predicted octanol–water partition coefficient (Wildman–Crippen LogP) is 4.86. The number of unbranched alkanes of at least 4 members (excludes halogenated alkanes) is 1. The van der Waals surface area contributed by atoms with Gasteiger partial charge in [0.05, 0.1) is 11.2 Å². The highest BCUT2D eigenvalue weighted by molar-refractivity contribution is 5.76. The lowest BCUT2D eigenvalue weighted by molar-refractivity contribution is -0.137. The summed E-state index contributed by atoms with van der Waals surface area (Å²) in [4.78, 5) is 17.4. The van der Waals surface area contributed by atoms with Crippen LogP contribution < -0.4 is 0 Å². The smallest absolute Gasteiger partial charge is 0.222 e. The lowest BCUT2D eigenvalue weighted by Gasteiger charge is -2.43. The van der Waals surface area contributed by atoms with E-state index < -0.39 is 11.2 Å². The first kappa shape index (κ1) is 30.0. The number of benzene rings is 1. The Labute approximate surface area is 223 Å². The zero-order valence-corrected chi connectivity index (χ0v) is 23.3. The standard InChI is InChI=1S/C30H49FN2O4/c1-32(2)27(22-29(35)16-5-4-6-17-29)14-15-28(34)33-19-10-12-25(23-33)30(36,18-7-8-20-37-3)24-11-9-13-26(31)21-24/h9,11,13,21,25,27,35-36H,4-8,10,12,14-20,22-23H2,1-3H3/t25-,27?,30-/m1/s1. The van der Waals surface area contributed by atoms with Gasteiger partial charge in [-0.1, -0.05) is 31.4 Å². The Balaban J connectivity index is 1.65. The second-order valence-electron chi connectivity index (χ2n) is 11.7. The maximum Gasteiger partial charge on any atom is 0.222 e. The van der Waals surface area contributed by atoms with Crippen LogP contribution in [0.25, 0.3) is 0 Å². The number of hydrogen-bond acceptors (Lipinski definition) is 5. The molecule has 0 aromatic heterocycles. The van der Waals surface area contributed by atoms with Crippen molar-refractivity contribution in [2.45, 2.75) is 101 Å². The molecule has 37 heavy (non-hydrogen) atoms. The van der Waals surface area contributed by atoms with Gasteiger partial charge in [0.25, 0.3) is 0 Å². The lowest BCUT2D eigenvalue weighted by Crippen LogP contribution is -2.48. The number of hydrogen-bond donors (Lipinski definition) is 2. The molecule has 1 heterocycles. The van der Waals surface area contributed by atoms with Gasteiger partial charge in [-0.2, -0.15) is 0 Å². The van der Waals surface area contributed by atoms with Gasteiger partial charge in [-0.15, -0.1) is 0 Å². The normalized spacial score (nSPS) is 22.6. The summed E-state index contributed by atoms with van der Waals surface area (Å²) < 4.78 is 19.3. The summed E-state index contributed by atoms with van der Waals surface area (Å²) in [6.07, 6.45) is 10.6. The highest BCUT2D eigenvalue weighted by atomic mass is 19.1. The van der Waals surface area contributed by atoms with Crippen LogP contribution in [-0.2, 0) is 15.1 Å². The second kappa shape index (κ2) is 14.0. The van der Waals surface area contributed by atoms with Gasteiger partial charge in [0.2, 0.25) is 5.91 Å². The molecule has 2 N–H and O–H groups in total. The first-order valence-corrected chi connectivity index (χ1v) is 14.3. The van der Waals surface area contributed by atoms with E-state index in [4.69, 9.17) is 4.74 Å². The SMILES string of the molecule is COCCCC[C@@](O)(c1cccc(F)c1)[C@@H]1CCCN(C(=O)CCC(CC2(O)CCCCC2)N(C)C)C1. The summed E-state index contributed by atoms with van der Waals surface area (Å²) in [7, 11) is 5.72. The number of carbonyl (C=O) groups excluding carboxylic acids is 1. The molecule has 7 heteroatoms. The topological polar surface area (TPSA) is 73.2 Å². The first-order chi connectivity index (χ1) is 17.7. The maximum atomic E-state index is 14.1. The molecular formula is C30H49FN2O4. The van der Waals surface area contributed by atoms with Crippen molar-refractivity contribution in [1.29, 1.82) is 0 Å². The minimum Gasteiger partial charge on any atom is -0.390 e. The average molecular weight is 521 g/mol. The molecule has 1 aliphatic carbocycles. The van der Waals surface area contributed by atoms with Crippen LogP contribution in [0.4, 0.5) is 4.39 Å². The van der Waals surface area contributed by atoms with Crippen LogP contribution >= 0.6 is 0 Å². The minimum absolute atomic E-state index is 0.105. The van der Waals surface area contributed by atoms with E-state index in [1.54, 1.807) is 19.2 Å². The summed E-state index contributed by atoms with van der Waals surface area (Å²) in [5.41, 5.74) is -1.21. The van der Waals surface area contributed by atoms with E-state index in [9.17, 15) is 19.4 Å². The van der Waals surface area contributed by atoms with Gasteiger partial charge in [-0.3, -0.25) is 4.79 Å². The minimum atomic E-state index is -1.19. The average Bonchev–Trinajstić information content (AvgIpc) is 2.89. The molecule has 1 amide bonds. The van der Waals surface area contributed by atoms with Gasteiger partial charge < -0.3 is 24.7 Å². The number of piperidine rings is 1. The Morgan fingerprint density at radius 3 is 2.68 bits per heavy atom. The molecule has 1 aliphatic heterocycles. The Kier molecular flexibility index (Phi) is 11.4. The summed E-state index contributed by atoms with van der Waals surface area (Å²) in [5.74, 6) is -0.402. The Morgan fingerprint density at radius 2 is 2.00 bits per heavy atom. The zero-order valence-electron chi connectivity index (χ0n) is 23.3. The van der Waals surface area contributed by atoms with Crippen LogP contribution in [0.1, 0.15) is 89.0 Å². The first-order valence-electron chi connectivity index (χ1n) is 14.3. The molecule has 1 aromatic rings. The highest BCUT2D eigenvalue weighted by Crippen LogP contribution is 2.40. The van der Waals surface area contributed by atoms with Crippen molar-refractivity contribution in [1.82, 2.24) is 9.80 Å². The van der Waals surface area contributed by atoms with E-state index in [0.717, 1.165) is 51.4 Å². The maximum absolute atomic E-state index is 14.1. The fraction of sp³-hybridized carbons (Fsp3) is 0.767. The number of amides is 1. The number of aliphatic hydroxyl groups is 2. The van der Waals surface area contributed by atoms with E-state index in [0.29, 0.717) is 50.9 Å². The molecular weight excluding hydrogens is 471 g/mol. The number of halogens is 1. The molecule has 210 valence electrons. The lowest BCUT2D eigenvalue weighted by atomic mass is 9.74. The zero-order chi connectivity index (χ0) is 26.9. The van der Waals surface area contributed by atoms with Gasteiger partial charge in [-0.05, 0) is 89.6 Å². The summed E-state index contributed by atoms with van der Waals surface area (Å²) in [6, 6.07) is 6.44. The van der Waals surface area contributed by atoms with Crippen molar-refractivity contribution in [3.05, 3.63) is 35.6 Å². The summed E-state index contributed by atoms with van der Waals surface area (Å²) in [5, 5.41) is 23.0. The van der Waals surface area contributed by atoms with E-state index >= 15 is 0 Å². The largest absolute Gasteiger partial charge is 0.390 e. The summed E-state index contributed by atoms with van der Waals surface area (Å²) in [6.45, 7) is 1.79. The molecule has 1 saturated carbocycles. The Morgan fingerprint density at radius 1 is 1.24 bits per heavy atom. The van der Waals surface area contributed by atoms with Crippen LogP contribution in [-0.4, -0.2) is 78.5 Å². The second-order valence-corrected chi connectivity index (χ2v) is 11.7. The van der Waals surface area contributed by atoms with Crippen LogP contribution in [0.3, 0.4) is 0 Å². The fourth-order valence-electron chi connectivity index (χ4n) is 6.42. The Hall–Kier alpha value is -1.54. The van der Waals surface area contributed by atoms with Crippen molar-refractivity contribution in [2.24, 2.45) is 5.92 Å². The van der Waals surface area contributed by atoms with E-state index in [1.165, 1.54) is 18.6 Å². The van der Waals surface area contributed by atoms with E-state index in [2.05, 4.69) is 4.90 Å². The van der Waals surface area contributed by atoms with Gasteiger partial charge >= 0.3 is 0 Å². The van der Waals surface area contributed by atoms with E-state index in [1.807, 2.05) is 19.0 Å². The predicted molar refractivity (Wildman–Crippen MR) is 145 cm³/mol. The quantitative estimate of drug-likeness (QED) is 0.363. The molecule has 1 unspecified atom stereocenters. The van der Waals surface area contributed by atoms with E-state index in [-0.39, 0.29) is 23.7 Å². The molecule has 6 nitrogen and oxygen atoms in total. The molecule has 2 fully saturated rings. The number of nitrogens with zero attached hydrogens (tertiary/aromatic N) is 2. The molecule has 3 rings (SSSR count). The van der Waals surface area contributed by atoms with Crippen LogP contribution in [0.2, 0.25) is 0 Å². The third kappa shape index (κ3) is 8.47. The molecule has 2 aliphatic rings. The molecule has 1 aromatic carbocycles. The van der Waals surface area contributed by atoms with Gasteiger partial charge in [0.1, 0.15) is 5.82 Å². The van der Waals surface area contributed by atoms with Gasteiger partial charge in [-0.25, -0.2) is 4.39 Å². The van der Waals surface area contributed by atoms with Crippen LogP contribution in [0.15, 0.2) is 24.3 Å². The number of ether oxygens (including phenoxy) is 1. The van der Waals surface area contributed by atoms with Crippen molar-refractivity contribution in [2.75, 3.05) is 40.9 Å². The van der Waals surface area contributed by atoms with Crippen molar-refractivity contribution in [3.8, 4) is 0 Å². The van der Waals surface area contributed by atoms with Crippen LogP contribution in [0.5, 0.6) is 0 Å². The molecule has 1 saturated heterocycles. The number of methoxy groups -OCH3 is 1. The molecule has 0 bridgehead atoms. The number of rotatable bonds is 13. The third-order valence-electron chi connectivity index (χ3n) is 8.75. The molecule has 3 atom stereocenters. The fourth-order valence-corrected chi connectivity index (χ4v) is 6.42. The number of carbonyl (C=O) groups is 1. The highest BCUT2D eigenvalue weighted by Gasteiger charge is 2.41. The van der Waals surface area contributed by atoms with Crippen molar-refractivity contribution in [3.63, 3.8) is 0 Å². The number of likely N-dealkylation sites (tertiary alicyclic amines) is 1. The monoisotopic (exact) mass is 520 g/mol. The molecule has 0 spiro atoms. The van der Waals surface area contributed by atoms with Gasteiger partial charge in [0.15, 0.2) is 0 Å². The van der Waals surface area contributed by atoms with Crippen molar-refractivity contribution < 1.29 is 24.1 Å². The summed E-state index contributed by atoms with van der Waals surface area (Å²) >= 11 is 0. The third-order valence-corrected chi connectivity index (χ3v) is 8.75. The Bertz CT molecular complexity index is 845. The van der Waals surface area contributed by atoms with Crippen LogP contribution in [0, 0.1) is 11.7 Å². The molecule has 0 radical (unpaired) electrons. The van der Waals surface area contributed by atoms with Crippen molar-refractivity contribution >= 4 is 5.91 Å². The van der Waals surface area contributed by atoms with Gasteiger partial charge in [0, 0.05) is 45.2 Å².